The summed E-state index contributed by atoms with van der Waals surface area (Å²) in [5, 5.41) is 2.97. The number of carbonyl (C=O) groups excluding carboxylic acids is 1. The maximum atomic E-state index is 12.4. The van der Waals surface area contributed by atoms with Gasteiger partial charge in [0.15, 0.2) is 17.1 Å². The predicted octanol–water partition coefficient (Wildman–Crippen LogP) is 3.66. The average molecular weight is 398 g/mol. The number of aryl methyl sites for hydroxylation is 1. The van der Waals surface area contributed by atoms with Crippen molar-refractivity contribution in [2.24, 2.45) is 0 Å². The lowest BCUT2D eigenvalue weighted by Gasteiger charge is -2.17. The van der Waals surface area contributed by atoms with Crippen molar-refractivity contribution in [3.05, 3.63) is 58.6 Å². The number of benzene rings is 2. The number of aromatic nitrogens is 1. The van der Waals surface area contributed by atoms with Gasteiger partial charge in [0, 0.05) is 13.0 Å². The Bertz CT molecular complexity index is 1040. The van der Waals surface area contributed by atoms with Gasteiger partial charge in [-0.2, -0.15) is 0 Å². The fourth-order valence-electron chi connectivity index (χ4n) is 3.17. The summed E-state index contributed by atoms with van der Waals surface area (Å²) in [5.41, 5.74) is 2.12. The normalized spacial score (nSPS) is 12.0. The Kier molecular flexibility index (Phi) is 6.59. The quantitative estimate of drug-likeness (QED) is 0.595. The molecule has 7 nitrogen and oxygen atoms in total. The van der Waals surface area contributed by atoms with E-state index in [2.05, 4.69) is 5.32 Å². The van der Waals surface area contributed by atoms with Crippen molar-refractivity contribution in [1.29, 1.82) is 0 Å². The number of ether oxygens (including phenoxy) is 2. The lowest BCUT2D eigenvalue weighted by molar-refractivity contribution is -0.121. The van der Waals surface area contributed by atoms with Crippen LogP contribution in [0.3, 0.4) is 0 Å². The third-order valence-electron chi connectivity index (χ3n) is 4.58. The Hall–Kier alpha value is -3.22. The van der Waals surface area contributed by atoms with Gasteiger partial charge in [0.2, 0.25) is 5.91 Å². The summed E-state index contributed by atoms with van der Waals surface area (Å²) in [7, 11) is 0. The van der Waals surface area contributed by atoms with Crippen LogP contribution in [0.5, 0.6) is 11.5 Å². The Morgan fingerprint density at radius 1 is 1.10 bits per heavy atom. The van der Waals surface area contributed by atoms with Crippen molar-refractivity contribution in [3.8, 4) is 11.5 Å². The van der Waals surface area contributed by atoms with Gasteiger partial charge in [-0.15, -0.1) is 0 Å². The van der Waals surface area contributed by atoms with E-state index >= 15 is 0 Å². The van der Waals surface area contributed by atoms with Gasteiger partial charge in [-0.3, -0.25) is 9.36 Å². The van der Waals surface area contributed by atoms with Crippen LogP contribution >= 0.6 is 0 Å². The first-order valence-corrected chi connectivity index (χ1v) is 9.80. The summed E-state index contributed by atoms with van der Waals surface area (Å²) >= 11 is 0. The van der Waals surface area contributed by atoms with E-state index < -0.39 is 5.76 Å². The standard InChI is InChI=1S/C22H26N2O5/c1-4-27-19-11-10-16(14-20(19)28-5-2)15(3)23-21(25)12-13-24-17-8-6-7-9-18(17)29-22(24)26/h6-11,14-15H,4-5,12-13H2,1-3H3,(H,23,25)/t15-/m0/s1. The van der Waals surface area contributed by atoms with Crippen LogP contribution in [0.15, 0.2) is 51.7 Å². The maximum Gasteiger partial charge on any atom is 0.419 e. The Morgan fingerprint density at radius 3 is 2.59 bits per heavy atom. The van der Waals surface area contributed by atoms with E-state index in [0.717, 1.165) is 5.56 Å². The molecular formula is C22H26N2O5. The SMILES string of the molecule is CCOc1ccc([C@H](C)NC(=O)CCn2c(=O)oc3ccccc32)cc1OCC. The fraction of sp³-hybridized carbons (Fsp3) is 0.364. The molecule has 1 N–H and O–H groups in total. The largest absolute Gasteiger partial charge is 0.490 e. The van der Waals surface area contributed by atoms with Crippen molar-refractivity contribution in [2.45, 2.75) is 39.8 Å². The van der Waals surface area contributed by atoms with Gasteiger partial charge in [-0.25, -0.2) is 4.79 Å². The molecule has 0 unspecified atom stereocenters. The van der Waals surface area contributed by atoms with Gasteiger partial charge in [-0.1, -0.05) is 18.2 Å². The van der Waals surface area contributed by atoms with Crippen LogP contribution in [0, 0.1) is 0 Å². The second-order valence-corrected chi connectivity index (χ2v) is 6.60. The van der Waals surface area contributed by atoms with E-state index in [1.165, 1.54) is 4.57 Å². The number of nitrogens with one attached hydrogen (secondary N) is 1. The smallest absolute Gasteiger partial charge is 0.419 e. The summed E-state index contributed by atoms with van der Waals surface area (Å²) in [5.74, 6) is 0.730. The molecule has 1 atom stereocenters. The molecule has 0 aliphatic carbocycles. The highest BCUT2D eigenvalue weighted by molar-refractivity contribution is 5.77. The number of carbonyl (C=O) groups is 1. The number of nitrogens with zero attached hydrogens (tertiary/aromatic N) is 1. The molecular weight excluding hydrogens is 372 g/mol. The van der Waals surface area contributed by atoms with E-state index in [9.17, 15) is 9.59 Å². The number of oxazole rings is 1. The third kappa shape index (κ3) is 4.80. The molecule has 29 heavy (non-hydrogen) atoms. The Labute approximate surface area is 169 Å². The Balaban J connectivity index is 1.65. The molecule has 0 aliphatic rings. The highest BCUT2D eigenvalue weighted by Crippen LogP contribution is 2.30. The van der Waals surface area contributed by atoms with Gasteiger partial charge >= 0.3 is 5.76 Å². The van der Waals surface area contributed by atoms with Crippen molar-refractivity contribution >= 4 is 17.0 Å². The Morgan fingerprint density at radius 2 is 1.83 bits per heavy atom. The summed E-state index contributed by atoms with van der Waals surface area (Å²) in [6.07, 6.45) is 0.170. The highest BCUT2D eigenvalue weighted by atomic mass is 16.5. The molecule has 1 heterocycles. The molecule has 0 aliphatic heterocycles. The van der Waals surface area contributed by atoms with E-state index in [-0.39, 0.29) is 24.9 Å². The van der Waals surface area contributed by atoms with Crippen LogP contribution < -0.4 is 20.5 Å². The van der Waals surface area contributed by atoms with E-state index in [1.807, 2.05) is 45.0 Å². The molecule has 0 saturated carbocycles. The summed E-state index contributed by atoms with van der Waals surface area (Å²) < 4.78 is 17.9. The number of para-hydroxylation sites is 2. The number of rotatable bonds is 9. The van der Waals surface area contributed by atoms with Gasteiger partial charge in [0.1, 0.15) is 0 Å². The molecule has 7 heteroatoms. The minimum absolute atomic E-state index is 0.151. The van der Waals surface area contributed by atoms with Crippen LogP contribution in [-0.2, 0) is 11.3 Å². The van der Waals surface area contributed by atoms with Gasteiger partial charge in [-0.05, 0) is 50.6 Å². The van der Waals surface area contributed by atoms with Crippen molar-refractivity contribution < 1.29 is 18.7 Å². The minimum atomic E-state index is -0.458. The summed E-state index contributed by atoms with van der Waals surface area (Å²) in [6, 6.07) is 12.6. The van der Waals surface area contributed by atoms with Gasteiger partial charge < -0.3 is 19.2 Å². The van der Waals surface area contributed by atoms with E-state index in [4.69, 9.17) is 13.9 Å². The van der Waals surface area contributed by atoms with Crippen molar-refractivity contribution in [1.82, 2.24) is 9.88 Å². The molecule has 3 rings (SSSR count). The lowest BCUT2D eigenvalue weighted by atomic mass is 10.1. The molecule has 3 aromatic rings. The molecule has 2 aromatic carbocycles. The van der Waals surface area contributed by atoms with Gasteiger partial charge in [0.25, 0.3) is 0 Å². The minimum Gasteiger partial charge on any atom is -0.490 e. The first kappa shape index (κ1) is 20.5. The molecule has 0 fully saturated rings. The molecule has 0 bridgehead atoms. The van der Waals surface area contributed by atoms with Crippen LogP contribution in [0.1, 0.15) is 38.8 Å². The first-order chi connectivity index (χ1) is 14.0. The maximum absolute atomic E-state index is 12.4. The highest BCUT2D eigenvalue weighted by Gasteiger charge is 2.15. The zero-order valence-corrected chi connectivity index (χ0v) is 16.9. The van der Waals surface area contributed by atoms with E-state index in [0.29, 0.717) is 35.8 Å². The van der Waals surface area contributed by atoms with Crippen LogP contribution in [0.2, 0.25) is 0 Å². The summed E-state index contributed by atoms with van der Waals surface area (Å²) in [4.78, 5) is 24.5. The molecule has 1 amide bonds. The zero-order valence-electron chi connectivity index (χ0n) is 16.9. The number of hydrogen-bond donors (Lipinski definition) is 1. The van der Waals surface area contributed by atoms with Crippen molar-refractivity contribution in [2.75, 3.05) is 13.2 Å². The number of hydrogen-bond acceptors (Lipinski definition) is 5. The van der Waals surface area contributed by atoms with Gasteiger partial charge in [0.05, 0.1) is 24.8 Å². The summed E-state index contributed by atoms with van der Waals surface area (Å²) in [6.45, 7) is 7.06. The predicted molar refractivity (Wildman–Crippen MR) is 110 cm³/mol. The molecule has 0 spiro atoms. The molecule has 0 radical (unpaired) electrons. The first-order valence-electron chi connectivity index (χ1n) is 9.80. The second-order valence-electron chi connectivity index (χ2n) is 6.60. The molecule has 154 valence electrons. The van der Waals surface area contributed by atoms with Crippen LogP contribution in [0.4, 0.5) is 0 Å². The number of amides is 1. The van der Waals surface area contributed by atoms with Crippen molar-refractivity contribution in [3.63, 3.8) is 0 Å². The van der Waals surface area contributed by atoms with Crippen LogP contribution in [0.25, 0.3) is 11.1 Å². The monoisotopic (exact) mass is 398 g/mol. The zero-order chi connectivity index (χ0) is 20.8. The third-order valence-corrected chi connectivity index (χ3v) is 4.58. The molecule has 0 saturated heterocycles. The number of fused-ring (bicyclic) bond motifs is 1. The lowest BCUT2D eigenvalue weighted by Crippen LogP contribution is -2.28. The average Bonchev–Trinajstić information content (AvgIpc) is 3.03. The topological polar surface area (TPSA) is 82.7 Å². The van der Waals surface area contributed by atoms with Crippen LogP contribution in [-0.4, -0.2) is 23.7 Å². The second kappa shape index (κ2) is 9.32. The van der Waals surface area contributed by atoms with E-state index in [1.54, 1.807) is 18.2 Å². The fourth-order valence-corrected chi connectivity index (χ4v) is 3.17. The molecule has 1 aromatic heterocycles.